The highest BCUT2D eigenvalue weighted by molar-refractivity contribution is 7.48. The monoisotopic (exact) mass is 570 g/mol. The van der Waals surface area contributed by atoms with E-state index >= 15 is 0 Å². The number of carboxylic acids is 1. The number of carbonyl (C=O) groups excluding carboxylic acids is 3. The van der Waals surface area contributed by atoms with E-state index in [2.05, 4.69) is 11.9 Å². The van der Waals surface area contributed by atoms with Crippen molar-refractivity contribution in [1.29, 1.82) is 0 Å². The highest BCUT2D eigenvalue weighted by Crippen LogP contribution is 2.49. The quantitative estimate of drug-likeness (QED) is 0.0711. The zero-order valence-corrected chi connectivity index (χ0v) is 24.0. The minimum atomic E-state index is -3.84. The van der Waals surface area contributed by atoms with Crippen LogP contribution in [0.15, 0.2) is 12.7 Å². The molecule has 0 fully saturated rings. The van der Waals surface area contributed by atoms with Crippen LogP contribution in [-0.2, 0) is 51.5 Å². The molecule has 0 spiro atoms. The van der Waals surface area contributed by atoms with Crippen LogP contribution >= 0.6 is 7.82 Å². The van der Waals surface area contributed by atoms with Crippen LogP contribution in [0.1, 0.15) is 54.4 Å². The number of amides is 1. The van der Waals surface area contributed by atoms with Crippen LogP contribution in [-0.4, -0.2) is 86.2 Å². The first-order chi connectivity index (χ1) is 17.5. The lowest BCUT2D eigenvalue weighted by atomic mass is 10.2. The summed E-state index contributed by atoms with van der Waals surface area (Å²) in [7, 11) is -3.84. The van der Waals surface area contributed by atoms with E-state index in [4.69, 9.17) is 38.6 Å². The van der Waals surface area contributed by atoms with Gasteiger partial charge in [-0.05, 0) is 27.7 Å². The third-order valence-corrected chi connectivity index (χ3v) is 5.06. The summed E-state index contributed by atoms with van der Waals surface area (Å²) in [4.78, 5) is 42.9. The molecular weight excluding hydrogens is 527 g/mol. The Morgan fingerprint density at radius 3 is 2.18 bits per heavy atom. The summed E-state index contributed by atoms with van der Waals surface area (Å²) < 4.78 is 43.1. The Balaban J connectivity index is 0. The predicted octanol–water partition coefficient (Wildman–Crippen LogP) is 1.95. The molecular formula is C23H43N2O12P. The lowest BCUT2D eigenvalue weighted by Crippen LogP contribution is -2.40. The van der Waals surface area contributed by atoms with Crippen molar-refractivity contribution < 1.29 is 56.6 Å². The maximum absolute atomic E-state index is 12.5. The van der Waals surface area contributed by atoms with Gasteiger partial charge < -0.3 is 30.4 Å². The number of hydrogen-bond donors (Lipinski definition) is 3. The van der Waals surface area contributed by atoms with Crippen LogP contribution in [0.5, 0.6) is 0 Å². The Bertz CT molecular complexity index is 785. The number of hydrogen-bond acceptors (Lipinski definition) is 12. The Kier molecular flexibility index (Phi) is 20.5. The molecule has 0 aliphatic rings. The van der Waals surface area contributed by atoms with E-state index < -0.39 is 37.8 Å². The zero-order chi connectivity index (χ0) is 29.8. The van der Waals surface area contributed by atoms with Gasteiger partial charge in [-0.3, -0.25) is 32.7 Å². The first kappa shape index (κ1) is 37.8. The molecule has 3 atom stereocenters. The molecule has 1 amide bonds. The van der Waals surface area contributed by atoms with Gasteiger partial charge in [-0.2, -0.15) is 0 Å². The van der Waals surface area contributed by atoms with Gasteiger partial charge in [0, 0.05) is 26.8 Å². The molecule has 4 N–H and O–H groups in total. The van der Waals surface area contributed by atoms with E-state index in [0.717, 1.165) is 0 Å². The average molecular weight is 571 g/mol. The number of carbonyl (C=O) groups is 4. The van der Waals surface area contributed by atoms with Gasteiger partial charge in [-0.1, -0.05) is 6.08 Å². The van der Waals surface area contributed by atoms with Crippen molar-refractivity contribution in [2.24, 2.45) is 5.73 Å². The summed E-state index contributed by atoms with van der Waals surface area (Å²) in [6, 6.07) is -0.575. The fraction of sp³-hybridized carbons (Fsp3) is 0.739. The van der Waals surface area contributed by atoms with Gasteiger partial charge in [0.15, 0.2) is 0 Å². The Morgan fingerprint density at radius 2 is 1.71 bits per heavy atom. The van der Waals surface area contributed by atoms with Crippen LogP contribution in [0, 0.1) is 0 Å². The van der Waals surface area contributed by atoms with E-state index in [1.807, 2.05) is 0 Å². The predicted molar refractivity (Wildman–Crippen MR) is 137 cm³/mol. The number of phosphoric acid groups is 1. The molecule has 0 radical (unpaired) electrons. The van der Waals surface area contributed by atoms with Crippen LogP contribution in [0.2, 0.25) is 0 Å². The van der Waals surface area contributed by atoms with Crippen molar-refractivity contribution in [1.82, 2.24) is 5.32 Å². The van der Waals surface area contributed by atoms with Crippen LogP contribution in [0.25, 0.3) is 0 Å². The van der Waals surface area contributed by atoms with Gasteiger partial charge in [0.05, 0.1) is 39.1 Å². The van der Waals surface area contributed by atoms with E-state index in [1.165, 1.54) is 19.9 Å². The third-order valence-electron chi connectivity index (χ3n) is 3.63. The second kappa shape index (κ2) is 20.6. The zero-order valence-electron chi connectivity index (χ0n) is 23.1. The molecule has 222 valence electrons. The van der Waals surface area contributed by atoms with Crippen LogP contribution in [0.4, 0.5) is 0 Å². The van der Waals surface area contributed by atoms with Crippen molar-refractivity contribution in [3.63, 3.8) is 0 Å². The SMILES string of the molecule is C=CCOP(=O)(OCCN)OC[C@@H](COCC[C@@H](C)OC(C)=O)NC(C)=O.CC(C)(C)OC(=O)CC(=O)O. The number of aliphatic carboxylic acids is 1. The molecule has 0 rings (SSSR count). The normalized spacial score (nSPS) is 14.1. The fourth-order valence-electron chi connectivity index (χ4n) is 2.34. The van der Waals surface area contributed by atoms with Gasteiger partial charge in [-0.15, -0.1) is 6.58 Å². The standard InChI is InChI=1S/C16H31N2O8P.C7H12O4/c1-5-8-23-27(21,24-10-7-17)25-12-16(18-14(3)19)11-22-9-6-13(2)26-15(4)20;1-7(2,3)11-6(10)4-5(8)9/h5,13,16H,1,6-12,17H2,2-4H3,(H,18,19);4H2,1-3H3,(H,8,9)/t13-,16-,27?;/m1./s1. The molecule has 1 unspecified atom stereocenters. The van der Waals surface area contributed by atoms with Gasteiger partial charge >= 0.3 is 25.7 Å². The third kappa shape index (κ3) is 25.3. The molecule has 0 saturated carbocycles. The maximum Gasteiger partial charge on any atom is 0.475 e. The summed E-state index contributed by atoms with van der Waals surface area (Å²) in [6.07, 6.45) is 1.04. The van der Waals surface area contributed by atoms with Crippen molar-refractivity contribution in [3.8, 4) is 0 Å². The smallest absolute Gasteiger partial charge is 0.475 e. The van der Waals surface area contributed by atoms with Gasteiger partial charge in [-0.25, -0.2) is 4.57 Å². The molecule has 0 heterocycles. The molecule has 38 heavy (non-hydrogen) atoms. The van der Waals surface area contributed by atoms with Crippen molar-refractivity contribution in [3.05, 3.63) is 12.7 Å². The Morgan fingerprint density at radius 1 is 1.08 bits per heavy atom. The van der Waals surface area contributed by atoms with Gasteiger partial charge in [0.25, 0.3) is 0 Å². The molecule has 0 aromatic heterocycles. The lowest BCUT2D eigenvalue weighted by Gasteiger charge is -2.22. The Hall–Kier alpha value is -2.35. The highest BCUT2D eigenvalue weighted by atomic mass is 31.2. The second-order valence-electron chi connectivity index (χ2n) is 8.79. The first-order valence-corrected chi connectivity index (χ1v) is 13.3. The molecule has 0 bridgehead atoms. The molecule has 0 saturated heterocycles. The second-order valence-corrected chi connectivity index (χ2v) is 10.5. The minimum absolute atomic E-state index is 0.0102. The molecule has 0 aliphatic heterocycles. The number of nitrogens with two attached hydrogens (primary N) is 1. The number of carboxylic acid groups (broad SMARTS) is 1. The van der Waals surface area contributed by atoms with Gasteiger partial charge in [0.1, 0.15) is 18.1 Å². The molecule has 0 aliphatic carbocycles. The molecule has 15 heteroatoms. The van der Waals surface area contributed by atoms with E-state index in [-0.39, 0.29) is 51.0 Å². The van der Waals surface area contributed by atoms with Crippen LogP contribution in [0.3, 0.4) is 0 Å². The van der Waals surface area contributed by atoms with Crippen molar-refractivity contribution in [2.45, 2.75) is 72.1 Å². The number of rotatable bonds is 18. The molecule has 0 aromatic carbocycles. The van der Waals surface area contributed by atoms with E-state index in [9.17, 15) is 23.7 Å². The van der Waals surface area contributed by atoms with Crippen LogP contribution < -0.4 is 11.1 Å². The number of esters is 2. The average Bonchev–Trinajstić information content (AvgIpc) is 2.75. The first-order valence-electron chi connectivity index (χ1n) is 11.8. The summed E-state index contributed by atoms with van der Waals surface area (Å²) >= 11 is 0. The fourth-order valence-corrected chi connectivity index (χ4v) is 3.54. The number of nitrogens with one attached hydrogen (secondary N) is 1. The summed E-state index contributed by atoms with van der Waals surface area (Å²) in [5.41, 5.74) is 4.73. The molecule has 14 nitrogen and oxygen atoms in total. The van der Waals surface area contributed by atoms with E-state index in [0.29, 0.717) is 13.0 Å². The van der Waals surface area contributed by atoms with Crippen molar-refractivity contribution >= 4 is 31.6 Å². The molecule has 0 aromatic rings. The Labute approximate surface area is 224 Å². The lowest BCUT2D eigenvalue weighted by molar-refractivity contribution is -0.159. The van der Waals surface area contributed by atoms with Gasteiger partial charge in [0.2, 0.25) is 5.91 Å². The van der Waals surface area contributed by atoms with Crippen molar-refractivity contribution in [2.75, 3.05) is 39.6 Å². The maximum atomic E-state index is 12.5. The minimum Gasteiger partial charge on any atom is -0.481 e. The highest BCUT2D eigenvalue weighted by Gasteiger charge is 2.28. The largest absolute Gasteiger partial charge is 0.481 e. The topological polar surface area (TPSA) is 199 Å². The summed E-state index contributed by atoms with van der Waals surface area (Å²) in [5, 5.41) is 10.8. The number of phosphoric ester groups is 1. The summed E-state index contributed by atoms with van der Waals surface area (Å²) in [6.45, 7) is 13.3. The number of ether oxygens (including phenoxy) is 3. The summed E-state index contributed by atoms with van der Waals surface area (Å²) in [5.74, 6) is -2.53. The van der Waals surface area contributed by atoms with E-state index in [1.54, 1.807) is 27.7 Å².